The second-order valence-corrected chi connectivity index (χ2v) is 5.17. The molecule has 0 aliphatic heterocycles. The van der Waals surface area contributed by atoms with E-state index in [-0.39, 0.29) is 17.2 Å². The molecule has 0 amide bonds. The Bertz CT molecular complexity index is 674. The van der Waals surface area contributed by atoms with E-state index in [2.05, 4.69) is 0 Å². The SMILES string of the molecule is CCC(C)n1c(-c2ccc(Cl)cc2)ccc(C=O)c1=O. The number of benzene rings is 1. The lowest BCUT2D eigenvalue weighted by Crippen LogP contribution is -2.27. The first-order valence-corrected chi connectivity index (χ1v) is 6.93. The van der Waals surface area contributed by atoms with Gasteiger partial charge in [0.05, 0.1) is 11.3 Å². The topological polar surface area (TPSA) is 39.1 Å². The minimum Gasteiger partial charge on any atom is -0.305 e. The Morgan fingerprint density at radius 2 is 1.85 bits per heavy atom. The van der Waals surface area contributed by atoms with E-state index in [4.69, 9.17) is 11.6 Å². The predicted molar refractivity (Wildman–Crippen MR) is 81.5 cm³/mol. The van der Waals surface area contributed by atoms with Crippen molar-refractivity contribution in [1.82, 2.24) is 4.57 Å². The van der Waals surface area contributed by atoms with Crippen molar-refractivity contribution in [1.29, 1.82) is 0 Å². The van der Waals surface area contributed by atoms with Crippen LogP contribution >= 0.6 is 11.6 Å². The van der Waals surface area contributed by atoms with E-state index in [0.29, 0.717) is 11.3 Å². The number of hydrogen-bond donors (Lipinski definition) is 0. The van der Waals surface area contributed by atoms with Crippen LogP contribution < -0.4 is 5.56 Å². The Labute approximate surface area is 122 Å². The Balaban J connectivity index is 2.69. The molecule has 1 aromatic carbocycles. The molecule has 2 rings (SSSR count). The number of aromatic nitrogens is 1. The van der Waals surface area contributed by atoms with Crippen LogP contribution in [0.2, 0.25) is 5.02 Å². The third-order valence-corrected chi connectivity index (χ3v) is 3.70. The second kappa shape index (κ2) is 6.06. The van der Waals surface area contributed by atoms with Gasteiger partial charge in [-0.3, -0.25) is 9.59 Å². The van der Waals surface area contributed by atoms with E-state index in [0.717, 1.165) is 17.7 Å². The molecule has 0 aliphatic carbocycles. The Hall–Kier alpha value is -1.87. The van der Waals surface area contributed by atoms with Crippen LogP contribution in [-0.2, 0) is 0 Å². The van der Waals surface area contributed by atoms with Gasteiger partial charge in [-0.15, -0.1) is 0 Å². The Morgan fingerprint density at radius 3 is 2.40 bits per heavy atom. The van der Waals surface area contributed by atoms with Gasteiger partial charge in [0.25, 0.3) is 5.56 Å². The zero-order valence-corrected chi connectivity index (χ0v) is 12.2. The van der Waals surface area contributed by atoms with Gasteiger partial charge >= 0.3 is 0 Å². The number of rotatable bonds is 4. The normalized spacial score (nSPS) is 12.2. The van der Waals surface area contributed by atoms with Gasteiger partial charge in [0.15, 0.2) is 6.29 Å². The average molecular weight is 290 g/mol. The fraction of sp³-hybridized carbons (Fsp3) is 0.250. The summed E-state index contributed by atoms with van der Waals surface area (Å²) in [6, 6.07) is 10.7. The summed E-state index contributed by atoms with van der Waals surface area (Å²) in [7, 11) is 0. The summed E-state index contributed by atoms with van der Waals surface area (Å²) < 4.78 is 1.67. The number of halogens is 1. The third-order valence-electron chi connectivity index (χ3n) is 3.44. The van der Waals surface area contributed by atoms with Crippen LogP contribution in [-0.4, -0.2) is 10.9 Å². The standard InChI is InChI=1S/C16H16ClNO2/c1-3-11(2)18-15(9-6-13(10-19)16(18)20)12-4-7-14(17)8-5-12/h4-11H,3H2,1-2H3. The summed E-state index contributed by atoms with van der Waals surface area (Å²) in [5, 5.41) is 0.649. The molecule has 2 aromatic rings. The molecule has 1 aromatic heterocycles. The van der Waals surface area contributed by atoms with E-state index < -0.39 is 0 Å². The van der Waals surface area contributed by atoms with Crippen molar-refractivity contribution in [3.8, 4) is 11.3 Å². The molecular formula is C16H16ClNO2. The highest BCUT2D eigenvalue weighted by Crippen LogP contribution is 2.24. The van der Waals surface area contributed by atoms with Gasteiger partial charge in [0.2, 0.25) is 0 Å². The largest absolute Gasteiger partial charge is 0.305 e. The highest BCUT2D eigenvalue weighted by molar-refractivity contribution is 6.30. The maximum Gasteiger partial charge on any atom is 0.261 e. The van der Waals surface area contributed by atoms with Crippen LogP contribution in [0.3, 0.4) is 0 Å². The fourth-order valence-corrected chi connectivity index (χ4v) is 2.26. The number of nitrogens with zero attached hydrogens (tertiary/aromatic N) is 1. The first-order valence-electron chi connectivity index (χ1n) is 6.55. The minimum absolute atomic E-state index is 0.0214. The highest BCUT2D eigenvalue weighted by atomic mass is 35.5. The van der Waals surface area contributed by atoms with Crippen molar-refractivity contribution in [2.75, 3.05) is 0 Å². The molecule has 1 heterocycles. The van der Waals surface area contributed by atoms with E-state index >= 15 is 0 Å². The van der Waals surface area contributed by atoms with Crippen molar-refractivity contribution in [2.24, 2.45) is 0 Å². The molecule has 1 unspecified atom stereocenters. The number of carbonyl (C=O) groups is 1. The molecule has 1 atom stereocenters. The van der Waals surface area contributed by atoms with Crippen LogP contribution in [0.25, 0.3) is 11.3 Å². The van der Waals surface area contributed by atoms with Crippen molar-refractivity contribution < 1.29 is 4.79 Å². The van der Waals surface area contributed by atoms with E-state index in [1.54, 1.807) is 28.8 Å². The van der Waals surface area contributed by atoms with Gasteiger partial charge in [0, 0.05) is 11.1 Å². The lowest BCUT2D eigenvalue weighted by atomic mass is 10.1. The molecule has 0 bridgehead atoms. The van der Waals surface area contributed by atoms with Crippen LogP contribution in [0.5, 0.6) is 0 Å². The predicted octanol–water partition coefficient (Wildman–Crippen LogP) is 3.95. The van der Waals surface area contributed by atoms with Crippen LogP contribution in [0.1, 0.15) is 36.7 Å². The zero-order valence-electron chi connectivity index (χ0n) is 11.5. The molecular weight excluding hydrogens is 274 g/mol. The quantitative estimate of drug-likeness (QED) is 0.799. The molecule has 104 valence electrons. The lowest BCUT2D eigenvalue weighted by Gasteiger charge is -2.19. The summed E-state index contributed by atoms with van der Waals surface area (Å²) in [5.41, 5.74) is 1.64. The molecule has 4 heteroatoms. The molecule has 0 radical (unpaired) electrons. The molecule has 20 heavy (non-hydrogen) atoms. The maximum atomic E-state index is 12.4. The molecule has 0 saturated heterocycles. The average Bonchev–Trinajstić information content (AvgIpc) is 2.47. The molecule has 0 saturated carbocycles. The Kier molecular flexibility index (Phi) is 4.40. The molecule has 0 spiro atoms. The number of pyridine rings is 1. The summed E-state index contributed by atoms with van der Waals surface area (Å²) >= 11 is 5.89. The maximum absolute atomic E-state index is 12.4. The van der Waals surface area contributed by atoms with Crippen LogP contribution in [0, 0.1) is 0 Å². The summed E-state index contributed by atoms with van der Waals surface area (Å²) in [5.74, 6) is 0. The van der Waals surface area contributed by atoms with Gasteiger partial charge in [-0.25, -0.2) is 0 Å². The van der Waals surface area contributed by atoms with E-state index in [1.807, 2.05) is 26.0 Å². The fourth-order valence-electron chi connectivity index (χ4n) is 2.13. The van der Waals surface area contributed by atoms with Crippen molar-refractivity contribution >= 4 is 17.9 Å². The molecule has 3 nitrogen and oxygen atoms in total. The third kappa shape index (κ3) is 2.68. The smallest absolute Gasteiger partial charge is 0.261 e. The number of carbonyl (C=O) groups excluding carboxylic acids is 1. The van der Waals surface area contributed by atoms with Gasteiger partial charge in [-0.2, -0.15) is 0 Å². The lowest BCUT2D eigenvalue weighted by molar-refractivity contribution is 0.112. The van der Waals surface area contributed by atoms with Gasteiger partial charge in [-0.05, 0) is 43.2 Å². The minimum atomic E-state index is -0.248. The molecule has 0 fully saturated rings. The summed E-state index contributed by atoms with van der Waals surface area (Å²) in [6.45, 7) is 3.98. The number of hydrogen-bond acceptors (Lipinski definition) is 2. The van der Waals surface area contributed by atoms with E-state index in [9.17, 15) is 9.59 Å². The van der Waals surface area contributed by atoms with Crippen molar-refractivity contribution in [3.05, 3.63) is 57.3 Å². The number of aldehydes is 1. The first-order chi connectivity index (χ1) is 9.58. The highest BCUT2D eigenvalue weighted by Gasteiger charge is 2.14. The Morgan fingerprint density at radius 1 is 1.20 bits per heavy atom. The zero-order chi connectivity index (χ0) is 14.7. The second-order valence-electron chi connectivity index (χ2n) is 4.73. The molecule has 0 aliphatic rings. The summed E-state index contributed by atoms with van der Waals surface area (Å²) in [6.07, 6.45) is 1.41. The van der Waals surface area contributed by atoms with Crippen LogP contribution in [0.4, 0.5) is 0 Å². The van der Waals surface area contributed by atoms with Gasteiger partial charge < -0.3 is 4.57 Å². The van der Waals surface area contributed by atoms with Gasteiger partial charge in [-0.1, -0.05) is 30.7 Å². The first kappa shape index (κ1) is 14.5. The van der Waals surface area contributed by atoms with Gasteiger partial charge in [0.1, 0.15) is 0 Å². The monoisotopic (exact) mass is 289 g/mol. The van der Waals surface area contributed by atoms with Crippen molar-refractivity contribution in [3.63, 3.8) is 0 Å². The molecule has 0 N–H and O–H groups in total. The summed E-state index contributed by atoms with van der Waals surface area (Å²) in [4.78, 5) is 23.3. The van der Waals surface area contributed by atoms with E-state index in [1.165, 1.54) is 0 Å². The van der Waals surface area contributed by atoms with Crippen molar-refractivity contribution in [2.45, 2.75) is 26.3 Å². The van der Waals surface area contributed by atoms with Crippen LogP contribution in [0.15, 0.2) is 41.2 Å².